The molecule has 0 aliphatic heterocycles. The Morgan fingerprint density at radius 1 is 1.36 bits per heavy atom. The standard InChI is InChI=1S/C15H15Cl2N3S.ClH/c1-8-4-3-5-11-13(8)20-9(2)10(6-7-12(16)17)14(11)21-15(18)19;/h3-5,7H,6H2,1-2H3,(H3,18,19);1H/p-1. The van der Waals surface area contributed by atoms with Crippen LogP contribution >= 0.6 is 35.0 Å². The molecule has 0 amide bonds. The van der Waals surface area contributed by atoms with Crippen LogP contribution in [-0.2, 0) is 6.42 Å². The van der Waals surface area contributed by atoms with Crippen molar-refractivity contribution in [2.45, 2.75) is 25.2 Å². The number of benzene rings is 1. The topological polar surface area (TPSA) is 62.8 Å². The summed E-state index contributed by atoms with van der Waals surface area (Å²) in [6.07, 6.45) is 2.28. The monoisotopic (exact) mass is 374 g/mol. The van der Waals surface area contributed by atoms with E-state index in [4.69, 9.17) is 34.3 Å². The number of nitrogens with two attached hydrogens (primary N) is 1. The Balaban J connectivity index is 0.00000242. The van der Waals surface area contributed by atoms with Gasteiger partial charge in [-0.3, -0.25) is 10.4 Å². The van der Waals surface area contributed by atoms with Crippen LogP contribution in [-0.4, -0.2) is 10.2 Å². The predicted molar refractivity (Wildman–Crippen MR) is 92.5 cm³/mol. The van der Waals surface area contributed by atoms with Crippen molar-refractivity contribution in [2.24, 2.45) is 5.73 Å². The molecule has 0 saturated heterocycles. The third-order valence-electron chi connectivity index (χ3n) is 3.15. The number of hydrogen-bond acceptors (Lipinski definition) is 3. The second-order valence-electron chi connectivity index (χ2n) is 4.64. The number of halogens is 3. The highest BCUT2D eigenvalue weighted by Crippen LogP contribution is 2.34. The summed E-state index contributed by atoms with van der Waals surface area (Å²) in [7, 11) is 0. The average molecular weight is 376 g/mol. The molecule has 3 nitrogen and oxygen atoms in total. The summed E-state index contributed by atoms with van der Waals surface area (Å²) >= 11 is 12.7. The van der Waals surface area contributed by atoms with Crippen molar-refractivity contribution in [2.75, 3.05) is 0 Å². The van der Waals surface area contributed by atoms with Crippen LogP contribution in [0.3, 0.4) is 0 Å². The van der Waals surface area contributed by atoms with Crippen LogP contribution < -0.4 is 18.1 Å². The number of para-hydroxylation sites is 1. The third kappa shape index (κ3) is 4.29. The van der Waals surface area contributed by atoms with E-state index in [2.05, 4.69) is 4.98 Å². The zero-order valence-corrected chi connectivity index (χ0v) is 15.2. The van der Waals surface area contributed by atoms with Gasteiger partial charge in [0.1, 0.15) is 4.49 Å². The maximum absolute atomic E-state index is 7.60. The summed E-state index contributed by atoms with van der Waals surface area (Å²) in [5.41, 5.74) is 9.50. The van der Waals surface area contributed by atoms with E-state index in [9.17, 15) is 0 Å². The molecule has 0 aliphatic rings. The molecule has 0 fully saturated rings. The smallest absolute Gasteiger partial charge is 0.155 e. The van der Waals surface area contributed by atoms with Crippen molar-refractivity contribution in [3.8, 4) is 0 Å². The van der Waals surface area contributed by atoms with Crippen molar-refractivity contribution in [1.82, 2.24) is 4.98 Å². The van der Waals surface area contributed by atoms with E-state index in [0.29, 0.717) is 6.42 Å². The highest BCUT2D eigenvalue weighted by Gasteiger charge is 2.14. The number of fused-ring (bicyclic) bond motifs is 1. The van der Waals surface area contributed by atoms with Gasteiger partial charge in [0.25, 0.3) is 0 Å². The van der Waals surface area contributed by atoms with Gasteiger partial charge in [-0.15, -0.1) is 0 Å². The first-order chi connectivity index (χ1) is 9.90. The fraction of sp³-hybridized carbons (Fsp3) is 0.200. The van der Waals surface area contributed by atoms with Crippen molar-refractivity contribution in [1.29, 1.82) is 5.41 Å². The molecule has 2 aromatic rings. The fourth-order valence-electron chi connectivity index (χ4n) is 2.20. The molecule has 1 heterocycles. The molecule has 1 aromatic heterocycles. The van der Waals surface area contributed by atoms with Gasteiger partial charge in [0.2, 0.25) is 0 Å². The number of nitrogens with zero attached hydrogens (tertiary/aromatic N) is 1. The molecule has 2 rings (SSSR count). The Morgan fingerprint density at radius 3 is 2.64 bits per heavy atom. The summed E-state index contributed by atoms with van der Waals surface area (Å²) in [5.74, 6) is 0. The number of nitrogens with one attached hydrogen (secondary N) is 1. The van der Waals surface area contributed by atoms with Gasteiger partial charge in [0, 0.05) is 16.0 Å². The molecule has 22 heavy (non-hydrogen) atoms. The molecule has 0 unspecified atom stereocenters. The van der Waals surface area contributed by atoms with Crippen LogP contribution in [0.15, 0.2) is 33.7 Å². The van der Waals surface area contributed by atoms with Gasteiger partial charge in [-0.1, -0.05) is 53.2 Å². The molecular weight excluding hydrogens is 361 g/mol. The minimum atomic E-state index is 0. The molecule has 0 saturated carbocycles. The lowest BCUT2D eigenvalue weighted by Gasteiger charge is -2.14. The number of aryl methyl sites for hydroxylation is 2. The zero-order valence-electron chi connectivity index (χ0n) is 12.1. The Kier molecular flexibility index (Phi) is 7.00. The molecule has 0 aliphatic carbocycles. The predicted octanol–water partition coefficient (Wildman–Crippen LogP) is 1.70. The first-order valence-corrected chi connectivity index (χ1v) is 7.89. The quantitative estimate of drug-likeness (QED) is 0.488. The number of pyridine rings is 1. The SMILES string of the molecule is Cc1nc2c(C)cccc2c(SC(=N)N)c1CC=C(Cl)Cl.[Cl-]. The number of allylic oxidation sites excluding steroid dienone is 1. The van der Waals surface area contributed by atoms with Crippen LogP contribution in [0.25, 0.3) is 10.9 Å². The van der Waals surface area contributed by atoms with Crippen molar-refractivity contribution in [3.05, 3.63) is 45.6 Å². The van der Waals surface area contributed by atoms with Gasteiger partial charge in [-0.05, 0) is 37.5 Å². The minimum Gasteiger partial charge on any atom is -1.00 e. The molecule has 1 aromatic carbocycles. The fourth-order valence-corrected chi connectivity index (χ4v) is 3.20. The van der Waals surface area contributed by atoms with Crippen LogP contribution in [0.5, 0.6) is 0 Å². The Hall–Kier alpha value is -0.940. The van der Waals surface area contributed by atoms with Crippen LogP contribution in [0, 0.1) is 19.3 Å². The lowest BCUT2D eigenvalue weighted by Crippen LogP contribution is -3.00. The molecule has 7 heteroatoms. The van der Waals surface area contributed by atoms with Crippen molar-refractivity contribution < 1.29 is 12.4 Å². The van der Waals surface area contributed by atoms with Crippen LogP contribution in [0.4, 0.5) is 0 Å². The number of amidine groups is 1. The number of aromatic nitrogens is 1. The van der Waals surface area contributed by atoms with E-state index in [1.54, 1.807) is 6.08 Å². The van der Waals surface area contributed by atoms with E-state index < -0.39 is 0 Å². The summed E-state index contributed by atoms with van der Waals surface area (Å²) in [4.78, 5) is 5.62. The van der Waals surface area contributed by atoms with Gasteiger partial charge < -0.3 is 18.1 Å². The summed E-state index contributed by atoms with van der Waals surface area (Å²) in [5, 5.41) is 8.64. The lowest BCUT2D eigenvalue weighted by atomic mass is 10.0. The molecular formula is C15H15Cl3N3S-. The van der Waals surface area contributed by atoms with Gasteiger partial charge in [-0.25, -0.2) is 0 Å². The average Bonchev–Trinajstić information content (AvgIpc) is 2.38. The van der Waals surface area contributed by atoms with Crippen molar-refractivity contribution >= 4 is 51.0 Å². The summed E-state index contributed by atoms with van der Waals surface area (Å²) < 4.78 is 0.220. The number of thioether (sulfide) groups is 1. The third-order valence-corrected chi connectivity index (χ3v) is 4.34. The Bertz CT molecular complexity index is 740. The second kappa shape index (κ2) is 8.06. The van der Waals surface area contributed by atoms with Gasteiger partial charge in [0.15, 0.2) is 5.17 Å². The largest absolute Gasteiger partial charge is 1.00 e. The first-order valence-electron chi connectivity index (χ1n) is 6.32. The minimum absolute atomic E-state index is 0. The Labute approximate surface area is 150 Å². The first kappa shape index (κ1) is 19.1. The van der Waals surface area contributed by atoms with Gasteiger partial charge >= 0.3 is 0 Å². The van der Waals surface area contributed by atoms with Gasteiger partial charge in [0.05, 0.1) is 5.52 Å². The molecule has 0 spiro atoms. The summed E-state index contributed by atoms with van der Waals surface area (Å²) in [6.45, 7) is 3.97. The van der Waals surface area contributed by atoms with Crippen LogP contribution in [0.1, 0.15) is 16.8 Å². The zero-order chi connectivity index (χ0) is 15.6. The van der Waals surface area contributed by atoms with Crippen molar-refractivity contribution in [3.63, 3.8) is 0 Å². The Morgan fingerprint density at radius 2 is 2.05 bits per heavy atom. The maximum atomic E-state index is 7.60. The van der Waals surface area contributed by atoms with E-state index in [-0.39, 0.29) is 22.1 Å². The molecule has 0 atom stereocenters. The van der Waals surface area contributed by atoms with E-state index in [0.717, 1.165) is 32.6 Å². The lowest BCUT2D eigenvalue weighted by molar-refractivity contribution is -0.00000456. The van der Waals surface area contributed by atoms with Crippen LogP contribution in [0.2, 0.25) is 0 Å². The number of rotatable bonds is 3. The molecule has 3 N–H and O–H groups in total. The van der Waals surface area contributed by atoms with Gasteiger partial charge in [-0.2, -0.15) is 0 Å². The molecule has 0 radical (unpaired) electrons. The molecule has 0 bridgehead atoms. The van der Waals surface area contributed by atoms with E-state index >= 15 is 0 Å². The normalized spacial score (nSPS) is 10.2. The van der Waals surface area contributed by atoms with E-state index in [1.165, 1.54) is 11.8 Å². The molecule has 118 valence electrons. The highest BCUT2D eigenvalue weighted by molar-refractivity contribution is 8.13. The highest BCUT2D eigenvalue weighted by atomic mass is 35.5. The summed E-state index contributed by atoms with van der Waals surface area (Å²) in [6, 6.07) is 5.99. The maximum Gasteiger partial charge on any atom is 0.155 e. The second-order valence-corrected chi connectivity index (χ2v) is 6.70. The number of hydrogen-bond donors (Lipinski definition) is 2. The van der Waals surface area contributed by atoms with E-state index in [1.807, 2.05) is 32.0 Å².